The van der Waals surface area contributed by atoms with E-state index < -0.39 is 0 Å². The highest BCUT2D eigenvalue weighted by Crippen LogP contribution is 2.68. The average Bonchev–Trinajstić information content (AvgIpc) is 2.90. The molecular weight excluding hydrogens is 288 g/mol. The first-order valence-electron chi connectivity index (χ1n) is 11.4. The zero-order chi connectivity index (χ0) is 17.1. The average molecular weight is 331 g/mol. The van der Waals surface area contributed by atoms with Crippen molar-refractivity contribution in [1.82, 2.24) is 0 Å². The van der Waals surface area contributed by atoms with E-state index >= 15 is 0 Å². The molecule has 0 radical (unpaired) electrons. The summed E-state index contributed by atoms with van der Waals surface area (Å²) in [6.45, 7) is 12.8. The van der Waals surface area contributed by atoms with E-state index in [0.717, 1.165) is 41.4 Å². The fourth-order valence-electron chi connectivity index (χ4n) is 8.68. The van der Waals surface area contributed by atoms with Gasteiger partial charge in [0.1, 0.15) is 0 Å². The lowest BCUT2D eigenvalue weighted by molar-refractivity contribution is -0.120. The lowest BCUT2D eigenvalue weighted by Crippen LogP contribution is -2.53. The highest BCUT2D eigenvalue weighted by molar-refractivity contribution is 5.09. The lowest BCUT2D eigenvalue weighted by atomic mass is 9.44. The zero-order valence-corrected chi connectivity index (χ0v) is 17.1. The standard InChI is InChI=1S/C24H42/c1-6-18-8-10-21-20-9-7-19-15-17(16(2)3)11-13-24(19,5)22(20)12-14-23(18,21)4/h16-22H,6-15H2,1-5H3. The van der Waals surface area contributed by atoms with E-state index in [1.54, 1.807) is 44.9 Å². The Hall–Kier alpha value is 0. The molecule has 0 spiro atoms. The first kappa shape index (κ1) is 17.4. The summed E-state index contributed by atoms with van der Waals surface area (Å²) in [5, 5.41) is 0. The molecule has 0 nitrogen and oxygen atoms in total. The molecular formula is C24H42. The summed E-state index contributed by atoms with van der Waals surface area (Å²) < 4.78 is 0. The Balaban J connectivity index is 1.56. The van der Waals surface area contributed by atoms with Gasteiger partial charge in [-0.15, -0.1) is 0 Å². The molecule has 0 amide bonds. The first-order chi connectivity index (χ1) is 11.4. The van der Waals surface area contributed by atoms with Crippen LogP contribution in [0.5, 0.6) is 0 Å². The van der Waals surface area contributed by atoms with Gasteiger partial charge in [-0.05, 0) is 110 Å². The third-order valence-corrected chi connectivity index (χ3v) is 10.3. The lowest BCUT2D eigenvalue weighted by Gasteiger charge is -2.61. The smallest absolute Gasteiger partial charge is 0.0266 e. The van der Waals surface area contributed by atoms with Crippen molar-refractivity contribution in [3.05, 3.63) is 0 Å². The molecule has 0 bridgehead atoms. The van der Waals surface area contributed by atoms with Crippen molar-refractivity contribution in [2.45, 2.75) is 98.8 Å². The van der Waals surface area contributed by atoms with Crippen molar-refractivity contribution < 1.29 is 0 Å². The third-order valence-electron chi connectivity index (χ3n) is 10.3. The monoisotopic (exact) mass is 330 g/mol. The molecule has 4 aliphatic carbocycles. The second kappa shape index (κ2) is 6.02. The molecule has 24 heavy (non-hydrogen) atoms. The first-order valence-corrected chi connectivity index (χ1v) is 11.4. The maximum atomic E-state index is 2.74. The molecule has 0 aromatic heterocycles. The summed E-state index contributed by atoms with van der Waals surface area (Å²) in [6, 6.07) is 0. The Morgan fingerprint density at radius 1 is 0.833 bits per heavy atom. The van der Waals surface area contributed by atoms with Gasteiger partial charge in [-0.25, -0.2) is 0 Å². The molecule has 4 rings (SSSR count). The highest BCUT2D eigenvalue weighted by atomic mass is 14.6. The molecule has 0 saturated heterocycles. The van der Waals surface area contributed by atoms with E-state index in [2.05, 4.69) is 34.6 Å². The van der Waals surface area contributed by atoms with Crippen LogP contribution in [0.25, 0.3) is 0 Å². The summed E-state index contributed by atoms with van der Waals surface area (Å²) >= 11 is 0. The van der Waals surface area contributed by atoms with Gasteiger partial charge in [-0.2, -0.15) is 0 Å². The maximum absolute atomic E-state index is 2.74. The Morgan fingerprint density at radius 2 is 1.54 bits per heavy atom. The van der Waals surface area contributed by atoms with E-state index in [0.29, 0.717) is 10.8 Å². The van der Waals surface area contributed by atoms with Crippen LogP contribution in [0.2, 0.25) is 0 Å². The van der Waals surface area contributed by atoms with Gasteiger partial charge in [0.05, 0.1) is 0 Å². The number of hydrogen-bond donors (Lipinski definition) is 0. The molecule has 0 aliphatic heterocycles. The zero-order valence-electron chi connectivity index (χ0n) is 17.1. The van der Waals surface area contributed by atoms with Crippen LogP contribution >= 0.6 is 0 Å². The molecule has 4 aliphatic rings. The molecule has 0 heterocycles. The Kier molecular flexibility index (Phi) is 4.37. The molecule has 8 unspecified atom stereocenters. The van der Waals surface area contributed by atoms with Crippen LogP contribution in [0.1, 0.15) is 98.8 Å². The van der Waals surface area contributed by atoms with Gasteiger partial charge in [0.2, 0.25) is 0 Å². The molecule has 8 atom stereocenters. The van der Waals surface area contributed by atoms with E-state index in [-0.39, 0.29) is 0 Å². The molecule has 0 heteroatoms. The van der Waals surface area contributed by atoms with E-state index in [1.807, 2.05) is 0 Å². The fourth-order valence-corrected chi connectivity index (χ4v) is 8.68. The second-order valence-corrected chi connectivity index (χ2v) is 11.2. The molecule has 138 valence electrons. The number of fused-ring (bicyclic) bond motifs is 5. The van der Waals surface area contributed by atoms with Crippen LogP contribution in [0.4, 0.5) is 0 Å². The molecule has 0 N–H and O–H groups in total. The molecule has 0 aromatic carbocycles. The fraction of sp³-hybridized carbons (Fsp3) is 1.00. The van der Waals surface area contributed by atoms with Crippen LogP contribution in [0, 0.1) is 52.3 Å². The van der Waals surface area contributed by atoms with Gasteiger partial charge >= 0.3 is 0 Å². The summed E-state index contributed by atoms with van der Waals surface area (Å²) in [5.41, 5.74) is 1.40. The van der Waals surface area contributed by atoms with Crippen LogP contribution in [0.3, 0.4) is 0 Å². The highest BCUT2D eigenvalue weighted by Gasteiger charge is 2.59. The van der Waals surface area contributed by atoms with Gasteiger partial charge in [-0.1, -0.05) is 41.0 Å². The van der Waals surface area contributed by atoms with Gasteiger partial charge < -0.3 is 0 Å². The Bertz CT molecular complexity index is 465. The number of rotatable bonds is 2. The summed E-state index contributed by atoms with van der Waals surface area (Å²) in [4.78, 5) is 0. The minimum atomic E-state index is 0.694. The van der Waals surface area contributed by atoms with Gasteiger partial charge in [0.15, 0.2) is 0 Å². The predicted octanol–water partition coefficient (Wildman–Crippen LogP) is 7.33. The van der Waals surface area contributed by atoms with E-state index in [4.69, 9.17) is 0 Å². The number of hydrogen-bond acceptors (Lipinski definition) is 0. The van der Waals surface area contributed by atoms with E-state index in [1.165, 1.54) is 19.3 Å². The van der Waals surface area contributed by atoms with Crippen LogP contribution in [0.15, 0.2) is 0 Å². The topological polar surface area (TPSA) is 0 Å². The summed E-state index contributed by atoms with van der Waals surface area (Å²) in [7, 11) is 0. The minimum Gasteiger partial charge on any atom is -0.0651 e. The quantitative estimate of drug-likeness (QED) is 0.497. The minimum absolute atomic E-state index is 0.694. The maximum Gasteiger partial charge on any atom is -0.0266 e. The second-order valence-electron chi connectivity index (χ2n) is 11.2. The van der Waals surface area contributed by atoms with Crippen molar-refractivity contribution in [3.63, 3.8) is 0 Å². The Labute approximate surface area is 151 Å². The van der Waals surface area contributed by atoms with Crippen molar-refractivity contribution in [2.75, 3.05) is 0 Å². The Morgan fingerprint density at radius 3 is 2.25 bits per heavy atom. The van der Waals surface area contributed by atoms with Crippen molar-refractivity contribution >= 4 is 0 Å². The summed E-state index contributed by atoms with van der Waals surface area (Å²) in [5.74, 6) is 7.22. The van der Waals surface area contributed by atoms with E-state index in [9.17, 15) is 0 Å². The normalized spacial score (nSPS) is 54.2. The van der Waals surface area contributed by atoms with Crippen molar-refractivity contribution in [2.24, 2.45) is 52.3 Å². The molecule has 4 fully saturated rings. The van der Waals surface area contributed by atoms with Crippen molar-refractivity contribution in [3.8, 4) is 0 Å². The van der Waals surface area contributed by atoms with Crippen LogP contribution in [-0.2, 0) is 0 Å². The molecule has 0 aromatic rings. The van der Waals surface area contributed by atoms with Gasteiger partial charge in [-0.3, -0.25) is 0 Å². The van der Waals surface area contributed by atoms with Crippen LogP contribution in [-0.4, -0.2) is 0 Å². The predicted molar refractivity (Wildman–Crippen MR) is 104 cm³/mol. The largest absolute Gasteiger partial charge is 0.0651 e. The summed E-state index contributed by atoms with van der Waals surface area (Å²) in [6.07, 6.45) is 15.4. The SMILES string of the molecule is CCC1CCC2C3CCC4CC(C(C)C)CCC4(C)C3CCC12C. The van der Waals surface area contributed by atoms with Crippen LogP contribution < -0.4 is 0 Å². The van der Waals surface area contributed by atoms with Crippen molar-refractivity contribution in [1.29, 1.82) is 0 Å². The van der Waals surface area contributed by atoms with Gasteiger partial charge in [0, 0.05) is 0 Å². The molecule has 4 saturated carbocycles. The van der Waals surface area contributed by atoms with Gasteiger partial charge in [0.25, 0.3) is 0 Å². The third kappa shape index (κ3) is 2.37.